The average molecular weight is 309 g/mol. The minimum atomic E-state index is -3.77. The summed E-state index contributed by atoms with van der Waals surface area (Å²) < 4.78 is 40.1. The van der Waals surface area contributed by atoms with Crippen LogP contribution in [0.1, 0.15) is 12.5 Å². The molecule has 5 nitrogen and oxygen atoms in total. The number of sulfonamides is 1. The first-order chi connectivity index (χ1) is 10.0. The Morgan fingerprint density at radius 1 is 1.24 bits per heavy atom. The summed E-state index contributed by atoms with van der Waals surface area (Å²) in [6.45, 7) is 1.92. The zero-order valence-electron chi connectivity index (χ0n) is 11.5. The van der Waals surface area contributed by atoms with Gasteiger partial charge in [-0.25, -0.2) is 12.8 Å². The number of halogens is 1. The van der Waals surface area contributed by atoms with Crippen molar-refractivity contribution in [1.29, 1.82) is 0 Å². The number of hydrogen-bond donors (Lipinski definition) is 1. The van der Waals surface area contributed by atoms with E-state index in [0.717, 1.165) is 6.07 Å². The van der Waals surface area contributed by atoms with Crippen LogP contribution < -0.4 is 10.0 Å². The summed E-state index contributed by atoms with van der Waals surface area (Å²) in [4.78, 5) is 3.88. The molecule has 2 aromatic rings. The normalized spacial score (nSPS) is 11.4. The summed E-state index contributed by atoms with van der Waals surface area (Å²) in [7, 11) is -3.77. The largest absolute Gasteiger partial charge is 0.326 e. The van der Waals surface area contributed by atoms with Gasteiger partial charge in [0.25, 0.3) is 10.0 Å². The standard InChI is InChI=1S/C14H16FN3O2S/c1-2-18(12-5-7-17-8-6-12)21(19,20)13-3-4-14(15)11(9-13)10-16/h3-9H,2,10,16H2,1H3. The van der Waals surface area contributed by atoms with E-state index in [1.807, 2.05) is 0 Å². The van der Waals surface area contributed by atoms with Gasteiger partial charge in [0.15, 0.2) is 0 Å². The third kappa shape index (κ3) is 3.03. The number of pyridine rings is 1. The quantitative estimate of drug-likeness (QED) is 0.915. The molecule has 2 N–H and O–H groups in total. The van der Waals surface area contributed by atoms with Crippen LogP contribution in [0.4, 0.5) is 10.1 Å². The predicted molar refractivity (Wildman–Crippen MR) is 78.7 cm³/mol. The fraction of sp³-hybridized carbons (Fsp3) is 0.214. The molecule has 0 fully saturated rings. The highest BCUT2D eigenvalue weighted by atomic mass is 32.2. The molecule has 1 heterocycles. The molecule has 0 unspecified atom stereocenters. The zero-order chi connectivity index (χ0) is 15.5. The van der Waals surface area contributed by atoms with Crippen molar-refractivity contribution in [3.05, 3.63) is 54.1 Å². The van der Waals surface area contributed by atoms with Gasteiger partial charge in [-0.1, -0.05) is 0 Å². The van der Waals surface area contributed by atoms with E-state index in [4.69, 9.17) is 5.73 Å². The average Bonchev–Trinajstić information content (AvgIpc) is 2.49. The molecule has 0 aliphatic heterocycles. The molecule has 0 radical (unpaired) electrons. The van der Waals surface area contributed by atoms with Gasteiger partial charge < -0.3 is 5.73 Å². The van der Waals surface area contributed by atoms with Crippen LogP contribution in [-0.2, 0) is 16.6 Å². The van der Waals surface area contributed by atoms with Gasteiger partial charge in [-0.05, 0) is 37.3 Å². The van der Waals surface area contributed by atoms with Gasteiger partial charge in [-0.3, -0.25) is 9.29 Å². The predicted octanol–water partition coefficient (Wildman–Crippen LogP) is 1.89. The molecule has 1 aromatic carbocycles. The molecule has 0 aliphatic carbocycles. The third-order valence-corrected chi connectivity index (χ3v) is 4.96. The van der Waals surface area contributed by atoms with E-state index in [0.29, 0.717) is 5.69 Å². The van der Waals surface area contributed by atoms with Crippen LogP contribution in [-0.4, -0.2) is 19.9 Å². The molecule has 21 heavy (non-hydrogen) atoms. The second kappa shape index (κ2) is 6.19. The number of anilines is 1. The molecule has 0 amide bonds. The number of nitrogens with zero attached hydrogens (tertiary/aromatic N) is 2. The first kappa shape index (κ1) is 15.4. The second-order valence-electron chi connectivity index (χ2n) is 4.33. The lowest BCUT2D eigenvalue weighted by molar-refractivity contribution is 0.588. The Morgan fingerprint density at radius 2 is 1.90 bits per heavy atom. The highest BCUT2D eigenvalue weighted by Gasteiger charge is 2.24. The van der Waals surface area contributed by atoms with Crippen LogP contribution in [0.25, 0.3) is 0 Å². The van der Waals surface area contributed by atoms with E-state index < -0.39 is 15.8 Å². The Labute approximate surface area is 123 Å². The molecule has 1 aromatic heterocycles. The topological polar surface area (TPSA) is 76.3 Å². The molecule has 112 valence electrons. The SMILES string of the molecule is CCN(c1ccncc1)S(=O)(=O)c1ccc(F)c(CN)c1. The van der Waals surface area contributed by atoms with Crippen molar-refractivity contribution in [2.75, 3.05) is 10.8 Å². The van der Waals surface area contributed by atoms with Crippen molar-refractivity contribution < 1.29 is 12.8 Å². The number of aromatic nitrogens is 1. The van der Waals surface area contributed by atoms with Crippen LogP contribution in [0.3, 0.4) is 0 Å². The van der Waals surface area contributed by atoms with Crippen LogP contribution in [0.2, 0.25) is 0 Å². The Hall–Kier alpha value is -1.99. The van der Waals surface area contributed by atoms with Crippen LogP contribution in [0.15, 0.2) is 47.6 Å². The summed E-state index contributed by atoms with van der Waals surface area (Å²) in [6, 6.07) is 6.85. The molecule has 0 atom stereocenters. The lowest BCUT2D eigenvalue weighted by atomic mass is 10.2. The fourth-order valence-electron chi connectivity index (χ4n) is 2.00. The van der Waals surface area contributed by atoms with Crippen LogP contribution in [0.5, 0.6) is 0 Å². The monoisotopic (exact) mass is 309 g/mol. The summed E-state index contributed by atoms with van der Waals surface area (Å²) in [5, 5.41) is 0. The molecule has 0 saturated carbocycles. The smallest absolute Gasteiger partial charge is 0.264 e. The lowest BCUT2D eigenvalue weighted by Crippen LogP contribution is -2.31. The lowest BCUT2D eigenvalue weighted by Gasteiger charge is -2.23. The number of hydrogen-bond acceptors (Lipinski definition) is 4. The van der Waals surface area contributed by atoms with Crippen LogP contribution in [0, 0.1) is 5.82 Å². The molecule has 7 heteroatoms. The summed E-state index contributed by atoms with van der Waals surface area (Å²) in [5.74, 6) is -0.511. The number of rotatable bonds is 5. The Balaban J connectivity index is 2.50. The molecule has 0 saturated heterocycles. The van der Waals surface area contributed by atoms with Gasteiger partial charge in [-0.15, -0.1) is 0 Å². The van der Waals surface area contributed by atoms with Gasteiger partial charge in [0.1, 0.15) is 5.82 Å². The molecule has 2 rings (SSSR count). The fourth-order valence-corrected chi connectivity index (χ4v) is 3.52. The first-order valence-electron chi connectivity index (χ1n) is 6.42. The van der Waals surface area contributed by atoms with Crippen molar-refractivity contribution in [2.24, 2.45) is 5.73 Å². The van der Waals surface area contributed by atoms with Crippen molar-refractivity contribution in [2.45, 2.75) is 18.4 Å². The van der Waals surface area contributed by atoms with E-state index in [1.54, 1.807) is 19.1 Å². The molecular weight excluding hydrogens is 293 g/mol. The summed E-state index contributed by atoms with van der Waals surface area (Å²) in [6.07, 6.45) is 3.03. The molecule has 0 aliphatic rings. The third-order valence-electron chi connectivity index (χ3n) is 3.06. The van der Waals surface area contributed by atoms with Crippen molar-refractivity contribution >= 4 is 15.7 Å². The summed E-state index contributed by atoms with van der Waals surface area (Å²) in [5.41, 5.74) is 6.10. The zero-order valence-corrected chi connectivity index (χ0v) is 12.3. The van der Waals surface area contributed by atoms with E-state index >= 15 is 0 Å². The minimum absolute atomic E-state index is 0.0167. The van der Waals surface area contributed by atoms with E-state index in [-0.39, 0.29) is 23.5 Å². The first-order valence-corrected chi connectivity index (χ1v) is 7.86. The van der Waals surface area contributed by atoms with E-state index in [9.17, 15) is 12.8 Å². The Kier molecular flexibility index (Phi) is 4.54. The highest BCUT2D eigenvalue weighted by molar-refractivity contribution is 7.92. The van der Waals surface area contributed by atoms with Crippen molar-refractivity contribution in [3.8, 4) is 0 Å². The second-order valence-corrected chi connectivity index (χ2v) is 6.19. The Bertz CT molecular complexity index is 720. The maximum absolute atomic E-state index is 13.5. The number of nitrogens with two attached hydrogens (primary N) is 1. The minimum Gasteiger partial charge on any atom is -0.326 e. The maximum atomic E-state index is 13.5. The van der Waals surface area contributed by atoms with Gasteiger partial charge >= 0.3 is 0 Å². The Morgan fingerprint density at radius 3 is 2.48 bits per heavy atom. The van der Waals surface area contributed by atoms with E-state index in [1.165, 1.54) is 28.8 Å². The van der Waals surface area contributed by atoms with Gasteiger partial charge in [0, 0.05) is 31.0 Å². The van der Waals surface area contributed by atoms with E-state index in [2.05, 4.69) is 4.98 Å². The van der Waals surface area contributed by atoms with Crippen LogP contribution >= 0.6 is 0 Å². The molecular formula is C14H16FN3O2S. The number of benzene rings is 1. The van der Waals surface area contributed by atoms with Gasteiger partial charge in [-0.2, -0.15) is 0 Å². The van der Waals surface area contributed by atoms with Gasteiger partial charge in [0.05, 0.1) is 10.6 Å². The highest BCUT2D eigenvalue weighted by Crippen LogP contribution is 2.24. The molecule has 0 spiro atoms. The van der Waals surface area contributed by atoms with Crippen molar-refractivity contribution in [1.82, 2.24) is 4.98 Å². The molecule has 0 bridgehead atoms. The summed E-state index contributed by atoms with van der Waals surface area (Å²) >= 11 is 0. The van der Waals surface area contributed by atoms with Crippen molar-refractivity contribution in [3.63, 3.8) is 0 Å². The van der Waals surface area contributed by atoms with Gasteiger partial charge in [0.2, 0.25) is 0 Å². The maximum Gasteiger partial charge on any atom is 0.264 e.